The molecule has 0 unspecified atom stereocenters. The molecule has 25 heavy (non-hydrogen) atoms. The average molecular weight is 374 g/mol. The Bertz CT molecular complexity index is 1050. The van der Waals surface area contributed by atoms with Gasteiger partial charge in [-0.2, -0.15) is 0 Å². The highest BCUT2D eigenvalue weighted by atomic mass is 32.2. The van der Waals surface area contributed by atoms with Gasteiger partial charge in [-0.3, -0.25) is 4.79 Å². The third kappa shape index (κ3) is 3.88. The molecule has 0 spiro atoms. The Labute approximate surface area is 150 Å². The molecule has 1 heterocycles. The van der Waals surface area contributed by atoms with E-state index in [0.717, 1.165) is 27.6 Å². The minimum absolute atomic E-state index is 0.165. The van der Waals surface area contributed by atoms with Crippen molar-refractivity contribution in [1.29, 1.82) is 0 Å². The van der Waals surface area contributed by atoms with Crippen LogP contribution in [0.1, 0.15) is 16.7 Å². The van der Waals surface area contributed by atoms with Gasteiger partial charge in [0.15, 0.2) is 15.0 Å². The summed E-state index contributed by atoms with van der Waals surface area (Å²) in [6.45, 7) is 4.05. The first-order valence-electron chi connectivity index (χ1n) is 7.69. The number of hydrogen-bond acceptors (Lipinski definition) is 5. The summed E-state index contributed by atoms with van der Waals surface area (Å²) < 4.78 is 24.0. The maximum Gasteiger partial charge on any atom is 0.230 e. The number of benzene rings is 2. The van der Waals surface area contributed by atoms with Crippen LogP contribution in [0.5, 0.6) is 0 Å². The van der Waals surface area contributed by atoms with Crippen molar-refractivity contribution in [2.75, 3.05) is 11.6 Å². The Hall–Kier alpha value is -2.25. The normalized spacial score (nSPS) is 11.6. The third-order valence-corrected chi connectivity index (χ3v) is 6.11. The number of hydrogen-bond donors (Lipinski definition) is 1. The van der Waals surface area contributed by atoms with Gasteiger partial charge >= 0.3 is 0 Å². The summed E-state index contributed by atoms with van der Waals surface area (Å²) in [6.07, 6.45) is 1.32. The molecular formula is C18H18N2O3S2. The molecule has 0 atom stereocenters. The summed E-state index contributed by atoms with van der Waals surface area (Å²) in [7, 11) is -3.23. The first-order valence-corrected chi connectivity index (χ1v) is 10.4. The number of rotatable bonds is 4. The minimum Gasteiger partial charge on any atom is -0.302 e. The molecule has 0 radical (unpaired) electrons. The van der Waals surface area contributed by atoms with Gasteiger partial charge in [0, 0.05) is 6.26 Å². The second-order valence-electron chi connectivity index (χ2n) is 6.01. The van der Waals surface area contributed by atoms with Crippen LogP contribution in [0.25, 0.3) is 10.2 Å². The van der Waals surface area contributed by atoms with Crippen molar-refractivity contribution >= 4 is 42.4 Å². The maximum absolute atomic E-state index is 12.2. The van der Waals surface area contributed by atoms with Gasteiger partial charge in [-0.1, -0.05) is 29.5 Å². The molecule has 1 aromatic heterocycles. The summed E-state index contributed by atoms with van der Waals surface area (Å²) in [5.74, 6) is -0.180. The lowest BCUT2D eigenvalue weighted by Gasteiger charge is -2.03. The Morgan fingerprint density at radius 3 is 2.44 bits per heavy atom. The van der Waals surface area contributed by atoms with Crippen LogP contribution in [0.2, 0.25) is 0 Å². The molecular weight excluding hydrogens is 356 g/mol. The number of aryl methyl sites for hydroxylation is 2. The molecule has 3 rings (SSSR count). The number of thiazole rings is 1. The van der Waals surface area contributed by atoms with E-state index in [1.807, 2.05) is 26.0 Å². The molecule has 0 aliphatic heterocycles. The fourth-order valence-electron chi connectivity index (χ4n) is 2.48. The molecule has 0 saturated carbocycles. The molecule has 130 valence electrons. The summed E-state index contributed by atoms with van der Waals surface area (Å²) in [5.41, 5.74) is 3.95. The molecule has 1 N–H and O–H groups in total. The second-order valence-corrected chi connectivity index (χ2v) is 9.06. The zero-order valence-corrected chi connectivity index (χ0v) is 15.8. The van der Waals surface area contributed by atoms with E-state index >= 15 is 0 Å². The summed E-state index contributed by atoms with van der Waals surface area (Å²) in [4.78, 5) is 17.0. The number of carbonyl (C=O) groups is 1. The van der Waals surface area contributed by atoms with Crippen LogP contribution in [0.4, 0.5) is 5.13 Å². The summed E-state index contributed by atoms with van der Waals surface area (Å²) in [5, 5.41) is 3.39. The molecule has 2 aromatic carbocycles. The highest BCUT2D eigenvalue weighted by Crippen LogP contribution is 2.29. The quantitative estimate of drug-likeness (QED) is 0.758. The molecule has 0 fully saturated rings. The van der Waals surface area contributed by atoms with Crippen LogP contribution in [-0.4, -0.2) is 25.6 Å². The summed E-state index contributed by atoms with van der Waals surface area (Å²) >= 11 is 1.44. The number of aromatic nitrogens is 1. The molecule has 0 aliphatic carbocycles. The van der Waals surface area contributed by atoms with Crippen LogP contribution in [0.15, 0.2) is 41.3 Å². The maximum atomic E-state index is 12.2. The lowest BCUT2D eigenvalue weighted by molar-refractivity contribution is -0.115. The van der Waals surface area contributed by atoms with E-state index in [2.05, 4.69) is 10.3 Å². The Balaban J connectivity index is 1.73. The number of amides is 1. The second kappa shape index (κ2) is 6.57. The molecule has 1 amide bonds. The van der Waals surface area contributed by atoms with E-state index in [4.69, 9.17) is 0 Å². The molecule has 0 bridgehead atoms. The van der Waals surface area contributed by atoms with Gasteiger partial charge in [0.2, 0.25) is 5.91 Å². The van der Waals surface area contributed by atoms with E-state index < -0.39 is 9.84 Å². The van der Waals surface area contributed by atoms with E-state index in [9.17, 15) is 13.2 Å². The van der Waals surface area contributed by atoms with Crippen LogP contribution in [0.3, 0.4) is 0 Å². The molecule has 7 heteroatoms. The Kier molecular flexibility index (Phi) is 4.62. The van der Waals surface area contributed by atoms with Gasteiger partial charge in [-0.05, 0) is 48.7 Å². The van der Waals surface area contributed by atoms with Crippen molar-refractivity contribution < 1.29 is 13.2 Å². The Morgan fingerprint density at radius 2 is 1.80 bits per heavy atom. The fourth-order valence-corrected chi connectivity index (χ4v) is 4.05. The van der Waals surface area contributed by atoms with Gasteiger partial charge in [0.05, 0.1) is 21.5 Å². The van der Waals surface area contributed by atoms with E-state index in [1.165, 1.54) is 29.0 Å². The van der Waals surface area contributed by atoms with Gasteiger partial charge in [0.25, 0.3) is 0 Å². The number of sulfone groups is 1. The number of anilines is 1. The van der Waals surface area contributed by atoms with Crippen molar-refractivity contribution in [3.63, 3.8) is 0 Å². The smallest absolute Gasteiger partial charge is 0.230 e. The van der Waals surface area contributed by atoms with Crippen molar-refractivity contribution in [3.05, 3.63) is 53.1 Å². The van der Waals surface area contributed by atoms with Crippen molar-refractivity contribution in [1.82, 2.24) is 4.98 Å². The number of carbonyl (C=O) groups excluding carboxylic acids is 1. The van der Waals surface area contributed by atoms with Gasteiger partial charge in [-0.25, -0.2) is 13.4 Å². The van der Waals surface area contributed by atoms with E-state index in [1.54, 1.807) is 12.1 Å². The predicted molar refractivity (Wildman–Crippen MR) is 101 cm³/mol. The molecule has 0 aliphatic rings. The van der Waals surface area contributed by atoms with Crippen LogP contribution in [0, 0.1) is 13.8 Å². The number of fused-ring (bicyclic) bond motifs is 1. The predicted octanol–water partition coefficient (Wildman–Crippen LogP) is 3.50. The third-order valence-electron chi connectivity index (χ3n) is 4.05. The minimum atomic E-state index is -3.23. The van der Waals surface area contributed by atoms with Gasteiger partial charge in [-0.15, -0.1) is 0 Å². The summed E-state index contributed by atoms with van der Waals surface area (Å²) in [6, 6.07) is 10.4. The highest BCUT2D eigenvalue weighted by molar-refractivity contribution is 7.90. The van der Waals surface area contributed by atoms with E-state index in [0.29, 0.717) is 5.13 Å². The highest BCUT2D eigenvalue weighted by Gasteiger charge is 2.12. The average Bonchev–Trinajstić information content (AvgIpc) is 2.94. The molecule has 5 nitrogen and oxygen atoms in total. The monoisotopic (exact) mass is 374 g/mol. The van der Waals surface area contributed by atoms with Crippen LogP contribution in [-0.2, 0) is 21.1 Å². The zero-order chi connectivity index (χ0) is 18.2. The SMILES string of the molecule is Cc1ccc2sc(NC(=O)Cc3ccc(S(C)(=O)=O)cc3)nc2c1C. The lowest BCUT2D eigenvalue weighted by atomic mass is 10.1. The molecule has 3 aromatic rings. The molecule has 0 saturated heterocycles. The van der Waals surface area contributed by atoms with Crippen LogP contribution >= 0.6 is 11.3 Å². The van der Waals surface area contributed by atoms with Crippen molar-refractivity contribution in [2.24, 2.45) is 0 Å². The Morgan fingerprint density at radius 1 is 1.12 bits per heavy atom. The van der Waals surface area contributed by atoms with Crippen molar-refractivity contribution in [2.45, 2.75) is 25.2 Å². The first kappa shape index (κ1) is 17.6. The largest absolute Gasteiger partial charge is 0.302 e. The standard InChI is InChI=1S/C18H18N2O3S2/c1-11-4-9-15-17(12(11)2)20-18(24-15)19-16(21)10-13-5-7-14(8-6-13)25(3,22)23/h4-9H,10H2,1-3H3,(H,19,20,21). The van der Waals surface area contributed by atoms with Gasteiger partial charge in [0.1, 0.15) is 0 Å². The van der Waals surface area contributed by atoms with Crippen molar-refractivity contribution in [3.8, 4) is 0 Å². The van der Waals surface area contributed by atoms with Gasteiger partial charge < -0.3 is 5.32 Å². The van der Waals surface area contributed by atoms with E-state index in [-0.39, 0.29) is 17.2 Å². The first-order chi connectivity index (χ1) is 11.7. The fraction of sp³-hybridized carbons (Fsp3) is 0.222. The lowest BCUT2D eigenvalue weighted by Crippen LogP contribution is -2.14. The van der Waals surface area contributed by atoms with Crippen LogP contribution < -0.4 is 5.32 Å². The zero-order valence-electron chi connectivity index (χ0n) is 14.2. The number of nitrogens with one attached hydrogen (secondary N) is 1. The number of nitrogens with zero attached hydrogens (tertiary/aromatic N) is 1. The topological polar surface area (TPSA) is 76.1 Å².